The van der Waals surface area contributed by atoms with Gasteiger partial charge in [-0.15, -0.1) is 0 Å². The Hall–Kier alpha value is -3.73. The molecule has 1 aliphatic heterocycles. The van der Waals surface area contributed by atoms with E-state index in [1.54, 1.807) is 54.6 Å². The Balaban J connectivity index is 1.73. The minimum Gasteiger partial charge on any atom is -0.495 e. The topological polar surface area (TPSA) is 82.4 Å². The van der Waals surface area contributed by atoms with E-state index in [1.165, 1.54) is 23.8 Å². The van der Waals surface area contributed by atoms with Crippen molar-refractivity contribution in [1.29, 1.82) is 5.26 Å². The number of ether oxygens (including phenoxy) is 1. The monoisotopic (exact) mass is 489 g/mol. The van der Waals surface area contributed by atoms with Crippen LogP contribution in [0.25, 0.3) is 0 Å². The predicted octanol–water partition coefficient (Wildman–Crippen LogP) is 5.41. The zero-order valence-electron chi connectivity index (χ0n) is 18.2. The summed E-state index contributed by atoms with van der Waals surface area (Å²) < 4.78 is 5.29. The second-order valence-electron chi connectivity index (χ2n) is 7.36. The zero-order chi connectivity index (χ0) is 24.1. The van der Waals surface area contributed by atoms with Gasteiger partial charge in [-0.1, -0.05) is 71.9 Å². The Kier molecular flexibility index (Phi) is 7.21. The normalized spacial score (nSPS) is 16.7. The molecule has 0 bridgehead atoms. The minimum absolute atomic E-state index is 0.158. The molecule has 170 valence electrons. The summed E-state index contributed by atoms with van der Waals surface area (Å²) >= 11 is 7.51. The second-order valence-corrected chi connectivity index (χ2v) is 8.96. The number of amides is 2. The number of hydrogen-bond donors (Lipinski definition) is 1. The second kappa shape index (κ2) is 10.5. The van der Waals surface area contributed by atoms with E-state index in [0.717, 1.165) is 5.56 Å². The van der Waals surface area contributed by atoms with Crippen LogP contribution in [-0.4, -0.2) is 24.2 Å². The largest absolute Gasteiger partial charge is 0.495 e. The number of methoxy groups -OCH3 is 1. The van der Waals surface area contributed by atoms with Gasteiger partial charge in [0.2, 0.25) is 5.91 Å². The average molecular weight is 490 g/mol. The number of nitrogens with zero attached hydrogens (tertiary/aromatic N) is 2. The van der Waals surface area contributed by atoms with Gasteiger partial charge in [-0.05, 0) is 42.3 Å². The van der Waals surface area contributed by atoms with Crippen LogP contribution in [0.2, 0.25) is 5.02 Å². The first-order valence-electron chi connectivity index (χ1n) is 10.4. The molecule has 0 saturated carbocycles. The van der Waals surface area contributed by atoms with Crippen LogP contribution in [0.1, 0.15) is 5.56 Å². The molecule has 3 aromatic rings. The van der Waals surface area contributed by atoms with Gasteiger partial charge in [0, 0.05) is 10.7 Å². The van der Waals surface area contributed by atoms with Crippen LogP contribution in [0.4, 0.5) is 11.4 Å². The van der Waals surface area contributed by atoms with Crippen molar-refractivity contribution in [2.24, 2.45) is 0 Å². The molecule has 4 rings (SSSR count). The van der Waals surface area contributed by atoms with Gasteiger partial charge in [-0.3, -0.25) is 14.5 Å². The number of para-hydroxylation sites is 3. The van der Waals surface area contributed by atoms with Gasteiger partial charge in [-0.2, -0.15) is 5.26 Å². The van der Waals surface area contributed by atoms with E-state index in [4.69, 9.17) is 16.3 Å². The molecule has 0 aliphatic carbocycles. The molecule has 6 nitrogen and oxygen atoms in total. The maximum absolute atomic E-state index is 13.5. The molecule has 1 saturated heterocycles. The molecule has 0 radical (unpaired) electrons. The van der Waals surface area contributed by atoms with Crippen LogP contribution >= 0.6 is 23.4 Å². The Morgan fingerprint density at radius 1 is 1.09 bits per heavy atom. The van der Waals surface area contributed by atoms with Crippen LogP contribution in [-0.2, 0) is 16.0 Å². The molecule has 8 heteroatoms. The summed E-state index contributed by atoms with van der Waals surface area (Å²) in [5.41, 5.74) is 1.67. The Morgan fingerprint density at radius 2 is 1.76 bits per heavy atom. The molecule has 0 aromatic heterocycles. The van der Waals surface area contributed by atoms with Crippen molar-refractivity contribution in [1.82, 2.24) is 0 Å². The number of nitrogens with one attached hydrogen (secondary N) is 1. The fourth-order valence-corrected chi connectivity index (χ4v) is 5.10. The summed E-state index contributed by atoms with van der Waals surface area (Å²) in [6.45, 7) is 0. The van der Waals surface area contributed by atoms with E-state index in [9.17, 15) is 14.9 Å². The highest BCUT2D eigenvalue weighted by molar-refractivity contribution is 8.05. The van der Waals surface area contributed by atoms with Crippen LogP contribution in [0.3, 0.4) is 0 Å². The molecular weight excluding hydrogens is 470 g/mol. The summed E-state index contributed by atoms with van der Waals surface area (Å²) in [4.78, 5) is 28.1. The van der Waals surface area contributed by atoms with E-state index in [-0.39, 0.29) is 16.5 Å². The van der Waals surface area contributed by atoms with Gasteiger partial charge in [0.15, 0.2) is 0 Å². The number of anilines is 2. The lowest BCUT2D eigenvalue weighted by Crippen LogP contribution is -2.31. The smallest absolute Gasteiger partial charge is 0.269 e. The van der Waals surface area contributed by atoms with Crippen molar-refractivity contribution >= 4 is 46.6 Å². The number of rotatable bonds is 6. The van der Waals surface area contributed by atoms with Crippen molar-refractivity contribution in [3.05, 3.63) is 100 Å². The molecule has 1 heterocycles. The number of carbonyl (C=O) groups excluding carboxylic acids is 2. The number of halogens is 1. The molecule has 1 aliphatic rings. The number of hydrogen-bond acceptors (Lipinski definition) is 5. The first-order valence-corrected chi connectivity index (χ1v) is 11.7. The average Bonchev–Trinajstić information content (AvgIpc) is 3.17. The highest BCUT2D eigenvalue weighted by atomic mass is 35.5. The van der Waals surface area contributed by atoms with Crippen molar-refractivity contribution in [2.45, 2.75) is 11.7 Å². The first kappa shape index (κ1) is 23.4. The van der Waals surface area contributed by atoms with Gasteiger partial charge >= 0.3 is 0 Å². The Labute approximate surface area is 206 Å². The molecule has 2 amide bonds. The zero-order valence-corrected chi connectivity index (χ0v) is 19.8. The summed E-state index contributed by atoms with van der Waals surface area (Å²) in [5, 5.41) is 13.0. The molecule has 3 aromatic carbocycles. The van der Waals surface area contributed by atoms with E-state index in [1.807, 2.05) is 30.3 Å². The van der Waals surface area contributed by atoms with Crippen molar-refractivity contribution in [3.63, 3.8) is 0 Å². The van der Waals surface area contributed by atoms with Crippen molar-refractivity contribution in [3.8, 4) is 11.8 Å². The molecule has 1 fully saturated rings. The van der Waals surface area contributed by atoms with Crippen molar-refractivity contribution < 1.29 is 14.3 Å². The van der Waals surface area contributed by atoms with Gasteiger partial charge < -0.3 is 10.1 Å². The lowest BCUT2D eigenvalue weighted by Gasteiger charge is -2.19. The summed E-state index contributed by atoms with van der Waals surface area (Å²) in [6, 6.07) is 25.2. The predicted molar refractivity (Wildman–Crippen MR) is 135 cm³/mol. The van der Waals surface area contributed by atoms with Gasteiger partial charge in [0.25, 0.3) is 5.91 Å². The Morgan fingerprint density at radius 3 is 2.47 bits per heavy atom. The SMILES string of the molecule is COc1ccccc1NC(=O)/C(C#N)=C1\SC(Cc2ccccc2Cl)C(=O)N1c1ccccc1. The molecule has 34 heavy (non-hydrogen) atoms. The highest BCUT2D eigenvalue weighted by Crippen LogP contribution is 2.42. The van der Waals surface area contributed by atoms with Gasteiger partial charge in [0.05, 0.1) is 18.0 Å². The molecule has 0 spiro atoms. The molecule has 1 N–H and O–H groups in total. The number of thioether (sulfide) groups is 1. The first-order chi connectivity index (χ1) is 16.5. The minimum atomic E-state index is -0.623. The maximum Gasteiger partial charge on any atom is 0.269 e. The van der Waals surface area contributed by atoms with E-state index < -0.39 is 11.2 Å². The van der Waals surface area contributed by atoms with E-state index >= 15 is 0 Å². The highest BCUT2D eigenvalue weighted by Gasteiger charge is 2.41. The van der Waals surface area contributed by atoms with E-state index in [2.05, 4.69) is 5.32 Å². The van der Waals surface area contributed by atoms with Gasteiger partial charge in [0.1, 0.15) is 22.4 Å². The number of benzene rings is 3. The summed E-state index contributed by atoms with van der Waals surface area (Å²) in [6.07, 6.45) is 0.364. The summed E-state index contributed by atoms with van der Waals surface area (Å²) in [5.74, 6) is -0.379. The van der Waals surface area contributed by atoms with Crippen LogP contribution in [0.5, 0.6) is 5.75 Å². The van der Waals surface area contributed by atoms with Crippen molar-refractivity contribution in [2.75, 3.05) is 17.3 Å². The maximum atomic E-state index is 13.5. The summed E-state index contributed by atoms with van der Waals surface area (Å²) in [7, 11) is 1.50. The van der Waals surface area contributed by atoms with Crippen LogP contribution < -0.4 is 15.0 Å². The lowest BCUT2D eigenvalue weighted by molar-refractivity contribution is -0.117. The fourth-order valence-electron chi connectivity index (χ4n) is 3.60. The van der Waals surface area contributed by atoms with Crippen LogP contribution in [0, 0.1) is 11.3 Å². The number of nitriles is 1. The third-order valence-corrected chi connectivity index (χ3v) is 6.87. The molecule has 1 unspecified atom stereocenters. The third-order valence-electron chi connectivity index (χ3n) is 5.24. The number of carbonyl (C=O) groups is 2. The van der Waals surface area contributed by atoms with Crippen LogP contribution in [0.15, 0.2) is 89.5 Å². The van der Waals surface area contributed by atoms with E-state index in [0.29, 0.717) is 28.6 Å². The fraction of sp³-hybridized carbons (Fsp3) is 0.115. The quantitative estimate of drug-likeness (QED) is 0.369. The standard InChI is InChI=1S/C26H20ClN3O3S/c1-33-22-14-8-7-13-21(22)29-24(31)19(16-28)26-30(18-10-3-2-4-11-18)25(32)23(34-26)15-17-9-5-6-12-20(17)27/h2-14,23H,15H2,1H3,(H,29,31)/b26-19-. The Bertz CT molecular complexity index is 1300. The van der Waals surface area contributed by atoms with Gasteiger partial charge in [-0.25, -0.2) is 0 Å². The molecule has 1 atom stereocenters. The lowest BCUT2D eigenvalue weighted by atomic mass is 10.1. The third kappa shape index (κ3) is 4.79. The molecular formula is C26H20ClN3O3S.